The van der Waals surface area contributed by atoms with E-state index in [1.165, 1.54) is 0 Å². The minimum absolute atomic E-state index is 0. The van der Waals surface area contributed by atoms with Gasteiger partial charge in [0.2, 0.25) is 0 Å². The van der Waals surface area contributed by atoms with E-state index >= 15 is 0 Å². The molecule has 0 radical (unpaired) electrons. The summed E-state index contributed by atoms with van der Waals surface area (Å²) < 4.78 is 1.72. The van der Waals surface area contributed by atoms with Gasteiger partial charge >= 0.3 is 0 Å². The molecular formula is C14H23ClN4O. The summed E-state index contributed by atoms with van der Waals surface area (Å²) >= 11 is 0. The number of fused-ring (bicyclic) bond motifs is 1. The van der Waals surface area contributed by atoms with Crippen molar-refractivity contribution in [3.63, 3.8) is 0 Å². The number of aryl methyl sites for hydroxylation is 2. The monoisotopic (exact) mass is 298 g/mol. The average molecular weight is 299 g/mol. The van der Waals surface area contributed by atoms with Crippen molar-refractivity contribution in [1.29, 1.82) is 0 Å². The molecule has 0 spiro atoms. The van der Waals surface area contributed by atoms with Gasteiger partial charge in [-0.25, -0.2) is 0 Å². The number of carbonyl (C=O) groups excluding carboxylic acids is 1. The molecular weight excluding hydrogens is 276 g/mol. The van der Waals surface area contributed by atoms with E-state index in [9.17, 15) is 4.79 Å². The largest absolute Gasteiger partial charge is 0.339 e. The van der Waals surface area contributed by atoms with Gasteiger partial charge in [0, 0.05) is 26.3 Å². The van der Waals surface area contributed by atoms with Crippen LogP contribution >= 0.6 is 12.4 Å². The molecule has 3 rings (SSSR count). The van der Waals surface area contributed by atoms with Crippen LogP contribution in [0.4, 0.5) is 0 Å². The van der Waals surface area contributed by atoms with Gasteiger partial charge in [-0.05, 0) is 44.7 Å². The van der Waals surface area contributed by atoms with Gasteiger partial charge in [0.05, 0.1) is 11.3 Å². The number of hydrogen-bond donors (Lipinski definition) is 1. The summed E-state index contributed by atoms with van der Waals surface area (Å²) in [6.45, 7) is 5.92. The van der Waals surface area contributed by atoms with Gasteiger partial charge in [-0.3, -0.25) is 9.48 Å². The van der Waals surface area contributed by atoms with Crippen LogP contribution in [0.3, 0.4) is 0 Å². The van der Waals surface area contributed by atoms with Crippen LogP contribution < -0.4 is 5.32 Å². The predicted molar refractivity (Wildman–Crippen MR) is 80.2 cm³/mol. The van der Waals surface area contributed by atoms with Crippen LogP contribution in [0.2, 0.25) is 0 Å². The standard InChI is InChI=1S/C14H22N4O.ClH/c1-10-13(9-17(2)16-10)14(19)18-5-3-11-7-15-8-12(11)4-6-18;/h9,11-12,15H,3-8H2,1-2H3;1H/t11-,12+;. The summed E-state index contributed by atoms with van der Waals surface area (Å²) in [6.07, 6.45) is 4.09. The van der Waals surface area contributed by atoms with Crippen LogP contribution in [0.5, 0.6) is 0 Å². The van der Waals surface area contributed by atoms with Gasteiger partial charge in [-0.1, -0.05) is 0 Å². The summed E-state index contributed by atoms with van der Waals surface area (Å²) in [6, 6.07) is 0. The van der Waals surface area contributed by atoms with E-state index in [2.05, 4.69) is 10.4 Å². The topological polar surface area (TPSA) is 50.2 Å². The van der Waals surface area contributed by atoms with Crippen LogP contribution in [0.25, 0.3) is 0 Å². The molecule has 2 aliphatic heterocycles. The Kier molecular flexibility index (Phi) is 4.70. The number of rotatable bonds is 1. The first-order chi connectivity index (χ1) is 9.15. The Balaban J connectivity index is 0.00000147. The van der Waals surface area contributed by atoms with Gasteiger partial charge in [0.25, 0.3) is 5.91 Å². The number of carbonyl (C=O) groups is 1. The van der Waals surface area contributed by atoms with Crippen molar-refractivity contribution in [2.24, 2.45) is 18.9 Å². The summed E-state index contributed by atoms with van der Waals surface area (Å²) in [4.78, 5) is 14.6. The van der Waals surface area contributed by atoms with E-state index in [4.69, 9.17) is 0 Å². The second-order valence-corrected chi connectivity index (χ2v) is 5.85. The molecule has 3 heterocycles. The lowest BCUT2D eigenvalue weighted by Gasteiger charge is -2.20. The van der Waals surface area contributed by atoms with Crippen molar-refractivity contribution in [3.05, 3.63) is 17.5 Å². The highest BCUT2D eigenvalue weighted by Crippen LogP contribution is 2.27. The number of nitrogens with zero attached hydrogens (tertiary/aromatic N) is 3. The second-order valence-electron chi connectivity index (χ2n) is 5.85. The zero-order chi connectivity index (χ0) is 13.4. The van der Waals surface area contributed by atoms with Crippen LogP contribution in [0, 0.1) is 18.8 Å². The molecule has 112 valence electrons. The highest BCUT2D eigenvalue weighted by molar-refractivity contribution is 5.95. The van der Waals surface area contributed by atoms with Crippen molar-refractivity contribution in [2.75, 3.05) is 26.2 Å². The summed E-state index contributed by atoms with van der Waals surface area (Å²) in [7, 11) is 1.86. The molecule has 1 amide bonds. The zero-order valence-electron chi connectivity index (χ0n) is 12.1. The fourth-order valence-corrected chi connectivity index (χ4v) is 3.40. The number of likely N-dealkylation sites (tertiary alicyclic amines) is 1. The SMILES string of the molecule is Cc1nn(C)cc1C(=O)N1CC[C@@H]2CNC[C@@H]2CC1.Cl. The quantitative estimate of drug-likeness (QED) is 0.848. The van der Waals surface area contributed by atoms with Crippen molar-refractivity contribution in [1.82, 2.24) is 20.0 Å². The predicted octanol–water partition coefficient (Wildman–Crippen LogP) is 1.22. The molecule has 0 unspecified atom stereocenters. The highest BCUT2D eigenvalue weighted by atomic mass is 35.5. The van der Waals surface area contributed by atoms with Crippen LogP contribution in [-0.2, 0) is 7.05 Å². The average Bonchev–Trinajstić information content (AvgIpc) is 2.90. The van der Waals surface area contributed by atoms with Gasteiger partial charge in [0.1, 0.15) is 0 Å². The summed E-state index contributed by atoms with van der Waals surface area (Å²) in [5.41, 5.74) is 1.59. The fourth-order valence-electron chi connectivity index (χ4n) is 3.40. The van der Waals surface area contributed by atoms with Gasteiger partial charge in [-0.15, -0.1) is 12.4 Å². The molecule has 2 aliphatic rings. The van der Waals surface area contributed by atoms with E-state index in [0.717, 1.165) is 62.1 Å². The number of halogens is 1. The summed E-state index contributed by atoms with van der Waals surface area (Å²) in [5, 5.41) is 7.73. The van der Waals surface area contributed by atoms with Gasteiger partial charge in [-0.2, -0.15) is 5.10 Å². The molecule has 0 aromatic carbocycles. The third-order valence-electron chi connectivity index (χ3n) is 4.55. The Morgan fingerprint density at radius 2 is 1.90 bits per heavy atom. The third-order valence-corrected chi connectivity index (χ3v) is 4.55. The number of hydrogen-bond acceptors (Lipinski definition) is 3. The maximum atomic E-state index is 12.6. The van der Waals surface area contributed by atoms with Gasteiger partial charge < -0.3 is 10.2 Å². The molecule has 5 nitrogen and oxygen atoms in total. The van der Waals surface area contributed by atoms with Crippen LogP contribution in [-0.4, -0.2) is 46.8 Å². The van der Waals surface area contributed by atoms with Gasteiger partial charge in [0.15, 0.2) is 0 Å². The molecule has 1 N–H and O–H groups in total. The fraction of sp³-hybridized carbons (Fsp3) is 0.714. The molecule has 2 fully saturated rings. The van der Waals surface area contributed by atoms with E-state index in [0.29, 0.717) is 0 Å². The lowest BCUT2D eigenvalue weighted by Crippen LogP contribution is -2.33. The van der Waals surface area contributed by atoms with Crippen molar-refractivity contribution >= 4 is 18.3 Å². The maximum absolute atomic E-state index is 12.6. The molecule has 6 heteroatoms. The minimum atomic E-state index is 0. The first-order valence-electron chi connectivity index (χ1n) is 7.15. The first-order valence-corrected chi connectivity index (χ1v) is 7.15. The Labute approximate surface area is 126 Å². The van der Waals surface area contributed by atoms with Crippen molar-refractivity contribution in [2.45, 2.75) is 19.8 Å². The molecule has 0 saturated carbocycles. The molecule has 20 heavy (non-hydrogen) atoms. The molecule has 0 aliphatic carbocycles. The second kappa shape index (κ2) is 6.14. The normalized spacial score (nSPS) is 25.8. The van der Waals surface area contributed by atoms with Crippen LogP contribution in [0.1, 0.15) is 28.9 Å². The maximum Gasteiger partial charge on any atom is 0.257 e. The minimum Gasteiger partial charge on any atom is -0.339 e. The van der Waals surface area contributed by atoms with E-state index in [1.807, 2.05) is 25.1 Å². The van der Waals surface area contributed by atoms with Crippen molar-refractivity contribution in [3.8, 4) is 0 Å². The lowest BCUT2D eigenvalue weighted by molar-refractivity contribution is 0.0757. The molecule has 1 aromatic heterocycles. The number of aromatic nitrogens is 2. The smallest absolute Gasteiger partial charge is 0.257 e. The van der Waals surface area contributed by atoms with E-state index in [1.54, 1.807) is 4.68 Å². The number of amides is 1. The Morgan fingerprint density at radius 1 is 1.30 bits per heavy atom. The molecule has 1 aromatic rings. The highest BCUT2D eigenvalue weighted by Gasteiger charge is 2.32. The van der Waals surface area contributed by atoms with Crippen LogP contribution in [0.15, 0.2) is 6.20 Å². The Morgan fingerprint density at radius 3 is 2.40 bits per heavy atom. The number of nitrogens with one attached hydrogen (secondary N) is 1. The Bertz CT molecular complexity index is 474. The van der Waals surface area contributed by atoms with Crippen molar-refractivity contribution < 1.29 is 4.79 Å². The zero-order valence-corrected chi connectivity index (χ0v) is 12.9. The third kappa shape index (κ3) is 2.83. The molecule has 2 atom stereocenters. The molecule has 0 bridgehead atoms. The molecule has 2 saturated heterocycles. The van der Waals surface area contributed by atoms with E-state index in [-0.39, 0.29) is 18.3 Å². The summed E-state index contributed by atoms with van der Waals surface area (Å²) in [5.74, 6) is 1.67. The Hall–Kier alpha value is -1.07. The lowest BCUT2D eigenvalue weighted by atomic mass is 9.92. The van der Waals surface area contributed by atoms with E-state index < -0.39 is 0 Å². The first kappa shape index (κ1) is 15.3.